The Balaban J connectivity index is 1.84. The minimum absolute atomic E-state index is 0.00212. The number of para-hydroxylation sites is 1. The summed E-state index contributed by atoms with van der Waals surface area (Å²) in [4.78, 5) is 7.00. The monoisotopic (exact) mass is 462 g/mol. The zero-order chi connectivity index (χ0) is 23.5. The van der Waals surface area contributed by atoms with Crippen LogP contribution in [0.3, 0.4) is 0 Å². The van der Waals surface area contributed by atoms with Crippen LogP contribution in [0.4, 0.5) is 0 Å². The summed E-state index contributed by atoms with van der Waals surface area (Å²) < 4.78 is 7.75. The number of hydrogen-bond acceptors (Lipinski definition) is 3. The van der Waals surface area contributed by atoms with Crippen molar-refractivity contribution in [2.24, 2.45) is 0 Å². The van der Waals surface area contributed by atoms with Crippen LogP contribution in [0.1, 0.15) is 59.2 Å². The maximum absolute atomic E-state index is 5.82. The molecule has 1 fully saturated rings. The van der Waals surface area contributed by atoms with E-state index in [-0.39, 0.29) is 12.1 Å². The van der Waals surface area contributed by atoms with E-state index in [2.05, 4.69) is 77.8 Å². The number of rotatable bonds is 8. The van der Waals surface area contributed by atoms with Crippen LogP contribution in [-0.2, 0) is 11.2 Å². The van der Waals surface area contributed by atoms with Gasteiger partial charge in [-0.15, -0.1) is 0 Å². The molecule has 5 nitrogen and oxygen atoms in total. The van der Waals surface area contributed by atoms with Crippen LogP contribution in [-0.4, -0.2) is 39.8 Å². The smallest absolute Gasteiger partial charge is 0.170 e. The lowest BCUT2D eigenvalue weighted by atomic mass is 9.96. The molecule has 0 saturated carbocycles. The largest absolute Gasteiger partial charge is 0.385 e. The van der Waals surface area contributed by atoms with Crippen molar-refractivity contribution < 1.29 is 4.74 Å². The molecular formula is C27H34N4OS. The SMILES string of the molecule is CCc1cccc(C)c1-n1c(C)cc([C@H]2[C@H](c3ccccn3)NC(=S)N2CCCOC)c1C. The van der Waals surface area contributed by atoms with Crippen molar-refractivity contribution in [3.8, 4) is 5.69 Å². The summed E-state index contributed by atoms with van der Waals surface area (Å²) in [6.45, 7) is 10.4. The number of aromatic nitrogens is 2. The van der Waals surface area contributed by atoms with E-state index in [0.717, 1.165) is 30.2 Å². The topological polar surface area (TPSA) is 42.3 Å². The van der Waals surface area contributed by atoms with Crippen LogP contribution in [0.15, 0.2) is 48.7 Å². The third kappa shape index (κ3) is 4.42. The molecule has 0 spiro atoms. The van der Waals surface area contributed by atoms with E-state index in [0.29, 0.717) is 6.61 Å². The van der Waals surface area contributed by atoms with Crippen molar-refractivity contribution >= 4 is 17.3 Å². The van der Waals surface area contributed by atoms with E-state index in [1.165, 1.54) is 33.8 Å². The Morgan fingerprint density at radius 2 is 1.94 bits per heavy atom. The molecule has 2 atom stereocenters. The number of hydrogen-bond donors (Lipinski definition) is 1. The molecule has 1 saturated heterocycles. The van der Waals surface area contributed by atoms with Gasteiger partial charge in [0.1, 0.15) is 0 Å². The summed E-state index contributed by atoms with van der Waals surface area (Å²) >= 11 is 5.82. The zero-order valence-corrected chi connectivity index (χ0v) is 21.1. The molecule has 33 heavy (non-hydrogen) atoms. The molecule has 2 aromatic heterocycles. The number of thiocarbonyl (C=S) groups is 1. The van der Waals surface area contributed by atoms with E-state index in [1.54, 1.807) is 7.11 Å². The second-order valence-electron chi connectivity index (χ2n) is 8.76. The van der Waals surface area contributed by atoms with Crippen molar-refractivity contribution in [2.45, 2.75) is 52.6 Å². The summed E-state index contributed by atoms with van der Waals surface area (Å²) in [7, 11) is 1.75. The number of nitrogens with one attached hydrogen (secondary N) is 1. The first kappa shape index (κ1) is 23.5. The minimum atomic E-state index is -0.00212. The molecule has 174 valence electrons. The van der Waals surface area contributed by atoms with Gasteiger partial charge in [0.05, 0.1) is 23.5 Å². The molecule has 1 aliphatic heterocycles. The van der Waals surface area contributed by atoms with E-state index >= 15 is 0 Å². The van der Waals surface area contributed by atoms with E-state index in [4.69, 9.17) is 17.0 Å². The molecule has 1 aliphatic rings. The lowest BCUT2D eigenvalue weighted by Crippen LogP contribution is -2.31. The molecule has 0 aliphatic carbocycles. The van der Waals surface area contributed by atoms with Crippen molar-refractivity contribution in [3.63, 3.8) is 0 Å². The third-order valence-corrected chi connectivity index (χ3v) is 7.01. The standard InChI is InChI=1S/C27H34N4OS/c1-6-21-12-9-11-18(2)25(21)31-19(3)17-22(20(31)4)26-24(23-13-7-8-14-28-23)29-27(33)30(26)15-10-16-32-5/h7-9,11-14,17,24,26H,6,10,15-16H2,1-5H3,(H,29,33)/t24-,26-/m0/s1. The summed E-state index contributed by atoms with van der Waals surface area (Å²) in [6, 6.07) is 15.1. The Labute approximate surface area is 202 Å². The number of benzene rings is 1. The number of ether oxygens (including phenoxy) is 1. The molecular weight excluding hydrogens is 428 g/mol. The summed E-state index contributed by atoms with van der Waals surface area (Å²) in [6.07, 6.45) is 3.77. The van der Waals surface area contributed by atoms with Crippen LogP contribution >= 0.6 is 12.2 Å². The number of methoxy groups -OCH3 is 1. The van der Waals surface area contributed by atoms with Gasteiger partial charge in [0, 0.05) is 37.8 Å². The molecule has 1 aromatic carbocycles. The van der Waals surface area contributed by atoms with Crippen LogP contribution in [0.2, 0.25) is 0 Å². The van der Waals surface area contributed by atoms with Gasteiger partial charge in [-0.25, -0.2) is 0 Å². The molecule has 0 unspecified atom stereocenters. The average Bonchev–Trinajstić information content (AvgIpc) is 3.29. The maximum atomic E-state index is 5.82. The lowest BCUT2D eigenvalue weighted by molar-refractivity contribution is 0.180. The van der Waals surface area contributed by atoms with E-state index in [9.17, 15) is 0 Å². The van der Waals surface area contributed by atoms with E-state index in [1.807, 2.05) is 18.3 Å². The molecule has 0 radical (unpaired) electrons. The van der Waals surface area contributed by atoms with Gasteiger partial charge in [0.15, 0.2) is 5.11 Å². The van der Waals surface area contributed by atoms with Gasteiger partial charge in [0.2, 0.25) is 0 Å². The van der Waals surface area contributed by atoms with Crippen LogP contribution in [0.25, 0.3) is 5.69 Å². The highest BCUT2D eigenvalue weighted by Gasteiger charge is 2.41. The predicted octanol–water partition coefficient (Wildman–Crippen LogP) is 5.37. The summed E-state index contributed by atoms with van der Waals surface area (Å²) in [5.74, 6) is 0. The fourth-order valence-electron chi connectivity index (χ4n) is 5.12. The molecule has 0 amide bonds. The second-order valence-corrected chi connectivity index (χ2v) is 9.15. The molecule has 3 aromatic rings. The van der Waals surface area contributed by atoms with Crippen molar-refractivity contribution in [1.82, 2.24) is 19.8 Å². The summed E-state index contributed by atoms with van der Waals surface area (Å²) in [5.41, 5.74) is 8.75. The number of nitrogens with zero attached hydrogens (tertiary/aromatic N) is 3. The summed E-state index contributed by atoms with van der Waals surface area (Å²) in [5, 5.41) is 4.35. The minimum Gasteiger partial charge on any atom is -0.385 e. The predicted molar refractivity (Wildman–Crippen MR) is 138 cm³/mol. The van der Waals surface area contributed by atoms with Gasteiger partial charge >= 0.3 is 0 Å². The molecule has 4 rings (SSSR count). The first-order valence-electron chi connectivity index (χ1n) is 11.7. The van der Waals surface area contributed by atoms with Gasteiger partial charge in [-0.05, 0) is 80.7 Å². The molecule has 6 heteroatoms. The molecule has 3 heterocycles. The Kier molecular flexibility index (Phi) is 7.15. The zero-order valence-electron chi connectivity index (χ0n) is 20.3. The van der Waals surface area contributed by atoms with Gasteiger partial charge in [-0.2, -0.15) is 0 Å². The van der Waals surface area contributed by atoms with E-state index < -0.39 is 0 Å². The average molecular weight is 463 g/mol. The lowest BCUT2D eigenvalue weighted by Gasteiger charge is -2.28. The maximum Gasteiger partial charge on any atom is 0.170 e. The highest BCUT2D eigenvalue weighted by Crippen LogP contribution is 2.41. The van der Waals surface area contributed by atoms with Gasteiger partial charge in [-0.1, -0.05) is 31.2 Å². The van der Waals surface area contributed by atoms with Gasteiger partial charge in [-0.3, -0.25) is 4.98 Å². The van der Waals surface area contributed by atoms with Gasteiger partial charge < -0.3 is 19.5 Å². The molecule has 0 bridgehead atoms. The Morgan fingerprint density at radius 1 is 1.12 bits per heavy atom. The van der Waals surface area contributed by atoms with Crippen molar-refractivity contribution in [3.05, 3.63) is 82.4 Å². The van der Waals surface area contributed by atoms with Crippen molar-refractivity contribution in [1.29, 1.82) is 0 Å². The number of aryl methyl sites for hydroxylation is 3. The normalized spacial score (nSPS) is 18.1. The first-order valence-corrected chi connectivity index (χ1v) is 12.1. The first-order chi connectivity index (χ1) is 16.0. The van der Waals surface area contributed by atoms with Crippen LogP contribution in [0, 0.1) is 20.8 Å². The highest BCUT2D eigenvalue weighted by molar-refractivity contribution is 7.80. The van der Waals surface area contributed by atoms with Crippen molar-refractivity contribution in [2.75, 3.05) is 20.3 Å². The Hall–Kier alpha value is -2.70. The molecule has 1 N–H and O–H groups in total. The Bertz CT molecular complexity index is 1120. The van der Waals surface area contributed by atoms with Gasteiger partial charge in [0.25, 0.3) is 0 Å². The van der Waals surface area contributed by atoms with Crippen LogP contribution in [0.5, 0.6) is 0 Å². The highest BCUT2D eigenvalue weighted by atomic mass is 32.1. The third-order valence-electron chi connectivity index (χ3n) is 6.66. The fraction of sp³-hybridized carbons (Fsp3) is 0.407. The second kappa shape index (κ2) is 10.1. The van der Waals surface area contributed by atoms with Crippen LogP contribution < -0.4 is 5.32 Å². The Morgan fingerprint density at radius 3 is 2.64 bits per heavy atom. The quantitative estimate of drug-likeness (QED) is 0.360. The fourth-order valence-corrected chi connectivity index (χ4v) is 5.45. The number of pyridine rings is 1.